The van der Waals surface area contributed by atoms with Crippen LogP contribution in [0.25, 0.3) is 0 Å². The van der Waals surface area contributed by atoms with E-state index in [-0.39, 0.29) is 17.6 Å². The van der Waals surface area contributed by atoms with Gasteiger partial charge in [-0.1, -0.05) is 18.2 Å². The molecule has 1 spiro atoms. The maximum atomic E-state index is 13.0. The number of ether oxygens (including phenoxy) is 1. The highest BCUT2D eigenvalue weighted by atomic mass is 32.2. The van der Waals surface area contributed by atoms with Crippen molar-refractivity contribution in [3.8, 4) is 0 Å². The molecule has 4 rings (SSSR count). The third-order valence-corrected chi connectivity index (χ3v) is 8.78. The number of nitrogens with zero attached hydrogens (tertiary/aromatic N) is 2. The molecular weight excluding hydrogens is 376 g/mol. The molecule has 3 heterocycles. The summed E-state index contributed by atoms with van der Waals surface area (Å²) in [4.78, 5) is 2.74. The zero-order valence-electron chi connectivity index (χ0n) is 16.7. The highest BCUT2D eigenvalue weighted by molar-refractivity contribution is 7.89. The third kappa shape index (κ3) is 4.14. The molecule has 0 unspecified atom stereocenters. The lowest BCUT2D eigenvalue weighted by Gasteiger charge is -2.38. The summed E-state index contributed by atoms with van der Waals surface area (Å²) < 4.78 is 33.8. The first-order chi connectivity index (χ1) is 13.4. The van der Waals surface area contributed by atoms with Crippen LogP contribution in [-0.4, -0.2) is 74.3 Å². The average molecular weight is 409 g/mol. The highest BCUT2D eigenvalue weighted by Crippen LogP contribution is 2.43. The van der Waals surface area contributed by atoms with E-state index in [1.165, 1.54) is 0 Å². The van der Waals surface area contributed by atoms with E-state index in [0.717, 1.165) is 63.9 Å². The number of hydrogen-bond acceptors (Lipinski definition) is 5. The Hall–Kier alpha value is -0.990. The molecule has 0 aliphatic carbocycles. The summed E-state index contributed by atoms with van der Waals surface area (Å²) in [6.45, 7) is 6.37. The molecule has 1 N–H and O–H groups in total. The third-order valence-electron chi connectivity index (χ3n) is 6.72. The summed E-state index contributed by atoms with van der Waals surface area (Å²) in [5.74, 6) is 0. The fourth-order valence-electron chi connectivity index (χ4n) is 5.03. The van der Waals surface area contributed by atoms with Gasteiger partial charge in [-0.05, 0) is 62.6 Å². The number of aliphatic hydroxyl groups is 1. The molecule has 28 heavy (non-hydrogen) atoms. The summed E-state index contributed by atoms with van der Waals surface area (Å²) >= 11 is 0. The first kappa shape index (κ1) is 20.3. The summed E-state index contributed by atoms with van der Waals surface area (Å²) in [7, 11) is -3.42. The van der Waals surface area contributed by atoms with Crippen molar-refractivity contribution in [2.24, 2.45) is 5.41 Å². The number of β-amino-alcohol motifs (C(OH)–C–C–N with tert-alkyl or cyclic N) is 1. The zero-order chi connectivity index (χ0) is 19.8. The number of rotatable bonds is 4. The molecule has 0 aromatic heterocycles. The van der Waals surface area contributed by atoms with E-state index in [2.05, 4.69) is 4.90 Å². The van der Waals surface area contributed by atoms with Gasteiger partial charge in [-0.3, -0.25) is 4.90 Å². The Kier molecular flexibility index (Phi) is 5.82. The topological polar surface area (TPSA) is 70.1 Å². The molecule has 1 aromatic carbocycles. The van der Waals surface area contributed by atoms with Crippen LogP contribution in [-0.2, 0) is 14.8 Å². The monoisotopic (exact) mass is 408 g/mol. The van der Waals surface area contributed by atoms with Crippen LogP contribution >= 0.6 is 0 Å². The number of hydrogen-bond donors (Lipinski definition) is 1. The van der Waals surface area contributed by atoms with Gasteiger partial charge in [0, 0.05) is 26.2 Å². The van der Waals surface area contributed by atoms with Crippen LogP contribution in [0.5, 0.6) is 0 Å². The Morgan fingerprint density at radius 1 is 1.21 bits per heavy atom. The van der Waals surface area contributed by atoms with Gasteiger partial charge < -0.3 is 9.84 Å². The van der Waals surface area contributed by atoms with Crippen molar-refractivity contribution in [3.63, 3.8) is 0 Å². The second-order valence-corrected chi connectivity index (χ2v) is 10.8. The van der Waals surface area contributed by atoms with Crippen molar-refractivity contribution in [2.75, 3.05) is 39.3 Å². The van der Waals surface area contributed by atoms with Crippen LogP contribution in [0.3, 0.4) is 0 Å². The van der Waals surface area contributed by atoms with E-state index in [0.29, 0.717) is 18.0 Å². The van der Waals surface area contributed by atoms with Crippen molar-refractivity contribution < 1.29 is 18.3 Å². The predicted molar refractivity (Wildman–Crippen MR) is 108 cm³/mol. The first-order valence-electron chi connectivity index (χ1n) is 10.5. The molecule has 156 valence electrons. The number of piperidine rings is 2. The van der Waals surface area contributed by atoms with E-state index < -0.39 is 10.0 Å². The van der Waals surface area contributed by atoms with E-state index in [1.54, 1.807) is 16.4 Å². The zero-order valence-corrected chi connectivity index (χ0v) is 17.5. The molecule has 0 amide bonds. The predicted octanol–water partition coefficient (Wildman–Crippen LogP) is 2.01. The fraction of sp³-hybridized carbons (Fsp3) is 0.714. The van der Waals surface area contributed by atoms with E-state index in [9.17, 15) is 13.5 Å². The summed E-state index contributed by atoms with van der Waals surface area (Å²) in [6.07, 6.45) is 4.65. The van der Waals surface area contributed by atoms with Crippen LogP contribution in [0.4, 0.5) is 0 Å². The summed E-state index contributed by atoms with van der Waals surface area (Å²) in [5, 5.41) is 9.87. The normalized spacial score (nSPS) is 29.4. The lowest BCUT2D eigenvalue weighted by atomic mass is 9.77. The molecule has 0 saturated carbocycles. The minimum Gasteiger partial charge on any atom is -0.392 e. The Bertz CT molecular complexity index is 789. The van der Waals surface area contributed by atoms with E-state index in [1.807, 2.05) is 19.1 Å². The number of aryl methyl sites for hydroxylation is 1. The minimum atomic E-state index is -3.42. The van der Waals surface area contributed by atoms with Crippen LogP contribution in [0.15, 0.2) is 29.2 Å². The van der Waals surface area contributed by atoms with Gasteiger partial charge in [0.15, 0.2) is 0 Å². The standard InChI is InChI=1S/C21H32N2O4S/c1-17-5-2-3-7-20(17)28(25,26)23-11-8-21(9-12-23)13-19(27-16-21)15-22-10-4-6-18(24)14-22/h2-3,5,7,18-19,24H,4,6,8-16H2,1H3/t18-,19+/m0/s1. The van der Waals surface area contributed by atoms with Crippen molar-refractivity contribution in [1.29, 1.82) is 0 Å². The molecule has 3 fully saturated rings. The quantitative estimate of drug-likeness (QED) is 0.825. The van der Waals surface area contributed by atoms with E-state index >= 15 is 0 Å². The average Bonchev–Trinajstić information content (AvgIpc) is 3.04. The van der Waals surface area contributed by atoms with Gasteiger partial charge in [-0.25, -0.2) is 8.42 Å². The molecule has 0 bridgehead atoms. The highest BCUT2D eigenvalue weighted by Gasteiger charge is 2.45. The lowest BCUT2D eigenvalue weighted by Crippen LogP contribution is -2.44. The fourth-order valence-corrected chi connectivity index (χ4v) is 6.70. The Morgan fingerprint density at radius 2 is 1.96 bits per heavy atom. The minimum absolute atomic E-state index is 0.108. The van der Waals surface area contributed by atoms with Gasteiger partial charge in [0.2, 0.25) is 10.0 Å². The van der Waals surface area contributed by atoms with Gasteiger partial charge >= 0.3 is 0 Å². The van der Waals surface area contributed by atoms with Crippen molar-refractivity contribution in [2.45, 2.75) is 56.1 Å². The molecule has 6 nitrogen and oxygen atoms in total. The van der Waals surface area contributed by atoms with Crippen LogP contribution in [0.2, 0.25) is 0 Å². The molecule has 3 saturated heterocycles. The molecule has 2 atom stereocenters. The number of benzene rings is 1. The van der Waals surface area contributed by atoms with Gasteiger partial charge in [-0.2, -0.15) is 4.31 Å². The van der Waals surface area contributed by atoms with Crippen LogP contribution in [0.1, 0.15) is 37.7 Å². The number of sulfonamides is 1. The van der Waals surface area contributed by atoms with Gasteiger partial charge in [-0.15, -0.1) is 0 Å². The molecule has 3 aliphatic heterocycles. The smallest absolute Gasteiger partial charge is 0.243 e. The lowest BCUT2D eigenvalue weighted by molar-refractivity contribution is 0.0242. The van der Waals surface area contributed by atoms with Crippen LogP contribution < -0.4 is 0 Å². The van der Waals surface area contributed by atoms with E-state index in [4.69, 9.17) is 4.74 Å². The second-order valence-electron chi connectivity index (χ2n) is 8.86. The van der Waals surface area contributed by atoms with Crippen molar-refractivity contribution >= 4 is 10.0 Å². The van der Waals surface area contributed by atoms with Crippen molar-refractivity contribution in [1.82, 2.24) is 9.21 Å². The Labute approximate surface area is 168 Å². The largest absolute Gasteiger partial charge is 0.392 e. The first-order valence-corrected chi connectivity index (χ1v) is 11.9. The SMILES string of the molecule is Cc1ccccc1S(=O)(=O)N1CCC2(CC1)CO[C@@H](CN1CCC[C@H](O)C1)C2. The molecule has 3 aliphatic rings. The van der Waals surface area contributed by atoms with Gasteiger partial charge in [0.05, 0.1) is 23.7 Å². The molecule has 7 heteroatoms. The second kappa shape index (κ2) is 8.03. The maximum Gasteiger partial charge on any atom is 0.243 e. The molecular formula is C21H32N2O4S. The summed E-state index contributed by atoms with van der Waals surface area (Å²) in [5.41, 5.74) is 0.910. The Balaban J connectivity index is 1.34. The molecule has 0 radical (unpaired) electrons. The summed E-state index contributed by atoms with van der Waals surface area (Å²) in [6, 6.07) is 7.22. The Morgan fingerprint density at radius 3 is 2.68 bits per heavy atom. The van der Waals surface area contributed by atoms with Gasteiger partial charge in [0.25, 0.3) is 0 Å². The maximum absolute atomic E-state index is 13.0. The number of likely N-dealkylation sites (tertiary alicyclic amines) is 1. The van der Waals surface area contributed by atoms with Crippen molar-refractivity contribution in [3.05, 3.63) is 29.8 Å². The van der Waals surface area contributed by atoms with Crippen LogP contribution in [0, 0.1) is 12.3 Å². The van der Waals surface area contributed by atoms with Gasteiger partial charge in [0.1, 0.15) is 0 Å². The number of aliphatic hydroxyl groups excluding tert-OH is 1. The molecule has 1 aromatic rings.